The van der Waals surface area contributed by atoms with Gasteiger partial charge in [0.25, 0.3) is 11.8 Å². The van der Waals surface area contributed by atoms with E-state index in [4.69, 9.17) is 9.47 Å². The Morgan fingerprint density at radius 3 is 2.07 bits per heavy atom. The first-order chi connectivity index (χ1) is 27.8. The van der Waals surface area contributed by atoms with Gasteiger partial charge in [-0.25, -0.2) is 0 Å². The van der Waals surface area contributed by atoms with Crippen LogP contribution in [0.4, 0.5) is 11.4 Å². The number of nitrogens with zero attached hydrogens (tertiary/aromatic N) is 2. The van der Waals surface area contributed by atoms with Crippen molar-refractivity contribution in [2.75, 3.05) is 23.7 Å². The Bertz CT molecular complexity index is 2230. The van der Waals surface area contributed by atoms with Crippen LogP contribution in [-0.2, 0) is 13.0 Å². The first kappa shape index (κ1) is 38.8. The Labute approximate surface area is 335 Å². The molecular formula is C49H50N4O4. The highest BCUT2D eigenvalue weighted by molar-refractivity contribution is 6.04. The summed E-state index contributed by atoms with van der Waals surface area (Å²) < 4.78 is 12.3. The summed E-state index contributed by atoms with van der Waals surface area (Å²) in [5.74, 6) is 1.49. The predicted molar refractivity (Wildman–Crippen MR) is 228 cm³/mol. The van der Waals surface area contributed by atoms with E-state index in [0.717, 1.165) is 76.4 Å². The van der Waals surface area contributed by atoms with Gasteiger partial charge in [0.2, 0.25) is 0 Å². The van der Waals surface area contributed by atoms with Crippen LogP contribution >= 0.6 is 0 Å². The highest BCUT2D eigenvalue weighted by Crippen LogP contribution is 2.26. The third-order valence-electron chi connectivity index (χ3n) is 10.4. The monoisotopic (exact) mass is 758 g/mol. The molecule has 290 valence electrons. The van der Waals surface area contributed by atoms with Crippen molar-refractivity contribution in [3.63, 3.8) is 0 Å². The molecule has 0 spiro atoms. The van der Waals surface area contributed by atoms with E-state index in [0.29, 0.717) is 30.9 Å². The summed E-state index contributed by atoms with van der Waals surface area (Å²) in [7, 11) is 0. The molecule has 57 heavy (non-hydrogen) atoms. The summed E-state index contributed by atoms with van der Waals surface area (Å²) in [6, 6.07) is 44.0. The zero-order valence-electron chi connectivity index (χ0n) is 32.9. The fourth-order valence-corrected chi connectivity index (χ4v) is 6.95. The molecule has 7 rings (SSSR count). The van der Waals surface area contributed by atoms with Gasteiger partial charge in [0.05, 0.1) is 23.3 Å². The predicted octanol–water partition coefficient (Wildman–Crippen LogP) is 10.3. The van der Waals surface area contributed by atoms with Crippen molar-refractivity contribution in [2.24, 2.45) is 0 Å². The van der Waals surface area contributed by atoms with Crippen LogP contribution in [0.1, 0.15) is 69.3 Å². The van der Waals surface area contributed by atoms with Gasteiger partial charge in [0.15, 0.2) is 0 Å². The van der Waals surface area contributed by atoms with Crippen LogP contribution in [0.25, 0.3) is 11.1 Å². The third kappa shape index (κ3) is 10.7. The van der Waals surface area contributed by atoms with Crippen LogP contribution in [0.2, 0.25) is 0 Å². The second-order valence-corrected chi connectivity index (χ2v) is 14.9. The standard InChI is InChI=1S/C49H50N4O4/c1-34-9-15-42(16-10-34)49(55)53-29-27-46(28-30-53)57-45-23-13-38(14-24-45)33-56-44-25-21-40(22-26-44)39-17-19-41(20-18-39)48(54)52-43-31-47(36(3)50-32-43)51-35(2)11-12-37-7-5-4-6-8-37/h4-10,13-26,31-32,35,46,51H,11-12,27-30,33H2,1-3H3,(H,52,54). The number of amides is 2. The van der Waals surface area contributed by atoms with E-state index in [1.807, 2.05) is 128 Å². The third-order valence-corrected chi connectivity index (χ3v) is 10.4. The topological polar surface area (TPSA) is 92.8 Å². The zero-order valence-corrected chi connectivity index (χ0v) is 32.9. The van der Waals surface area contributed by atoms with Gasteiger partial charge < -0.3 is 25.0 Å². The highest BCUT2D eigenvalue weighted by Gasteiger charge is 2.25. The number of hydrogen-bond donors (Lipinski definition) is 2. The second kappa shape index (κ2) is 18.5. The largest absolute Gasteiger partial charge is 0.490 e. The van der Waals surface area contributed by atoms with E-state index >= 15 is 0 Å². The molecule has 1 saturated heterocycles. The van der Waals surface area contributed by atoms with Crippen molar-refractivity contribution in [2.45, 2.75) is 65.2 Å². The Hall–Kier alpha value is -6.41. The van der Waals surface area contributed by atoms with Crippen LogP contribution in [0.15, 0.2) is 140 Å². The number of nitrogens with one attached hydrogen (secondary N) is 2. The molecular weight excluding hydrogens is 709 g/mol. The summed E-state index contributed by atoms with van der Waals surface area (Å²) in [5.41, 5.74) is 9.29. The molecule has 8 heteroatoms. The molecule has 6 aromatic rings. The van der Waals surface area contributed by atoms with Crippen LogP contribution < -0.4 is 20.1 Å². The Balaban J connectivity index is 0.847. The summed E-state index contributed by atoms with van der Waals surface area (Å²) in [5, 5.41) is 6.57. The van der Waals surface area contributed by atoms with E-state index in [1.165, 1.54) is 5.56 Å². The number of rotatable bonds is 14. The second-order valence-electron chi connectivity index (χ2n) is 14.9. The van der Waals surface area contributed by atoms with Crippen molar-refractivity contribution >= 4 is 23.2 Å². The van der Waals surface area contributed by atoms with Crippen molar-refractivity contribution in [3.05, 3.63) is 173 Å². The van der Waals surface area contributed by atoms with Gasteiger partial charge >= 0.3 is 0 Å². The van der Waals surface area contributed by atoms with Gasteiger partial charge in [-0.1, -0.05) is 84.4 Å². The maximum Gasteiger partial charge on any atom is 0.255 e. The van der Waals surface area contributed by atoms with Crippen molar-refractivity contribution in [1.82, 2.24) is 9.88 Å². The van der Waals surface area contributed by atoms with E-state index in [-0.39, 0.29) is 24.0 Å². The van der Waals surface area contributed by atoms with E-state index in [1.54, 1.807) is 6.20 Å². The van der Waals surface area contributed by atoms with Gasteiger partial charge in [0.1, 0.15) is 24.2 Å². The summed E-state index contributed by atoms with van der Waals surface area (Å²) in [4.78, 5) is 32.5. The number of piperidine rings is 1. The van der Waals surface area contributed by atoms with Crippen LogP contribution in [-0.4, -0.2) is 46.9 Å². The number of aromatic nitrogens is 1. The average molecular weight is 759 g/mol. The minimum atomic E-state index is -0.189. The molecule has 1 aliphatic heterocycles. The van der Waals surface area contributed by atoms with Crippen molar-refractivity contribution in [1.29, 1.82) is 0 Å². The molecule has 1 atom stereocenters. The number of carbonyl (C=O) groups excluding carboxylic acids is 2. The highest BCUT2D eigenvalue weighted by atomic mass is 16.5. The number of benzene rings is 5. The number of ether oxygens (including phenoxy) is 2. The minimum absolute atomic E-state index is 0.0819. The molecule has 1 aliphatic rings. The molecule has 0 radical (unpaired) electrons. The lowest BCUT2D eigenvalue weighted by Crippen LogP contribution is -2.41. The molecule has 2 N–H and O–H groups in total. The van der Waals surface area contributed by atoms with Gasteiger partial charge in [-0.05, 0) is 110 Å². The first-order valence-corrected chi connectivity index (χ1v) is 19.8. The molecule has 0 saturated carbocycles. The van der Waals surface area contributed by atoms with Gasteiger partial charge in [-0.2, -0.15) is 0 Å². The number of anilines is 2. The summed E-state index contributed by atoms with van der Waals surface area (Å²) in [6.07, 6.45) is 5.35. The van der Waals surface area contributed by atoms with Crippen LogP contribution in [0, 0.1) is 13.8 Å². The van der Waals surface area contributed by atoms with Crippen LogP contribution in [0.3, 0.4) is 0 Å². The SMILES string of the molecule is Cc1ccc(C(=O)N2CCC(Oc3ccc(COc4ccc(-c5ccc(C(=O)Nc6cnc(C)c(NC(C)CCc7ccccc7)c6)cc5)cc4)cc3)CC2)cc1. The molecule has 8 nitrogen and oxygen atoms in total. The van der Waals surface area contributed by atoms with E-state index in [2.05, 4.69) is 46.8 Å². The number of likely N-dealkylation sites (tertiary alicyclic amines) is 1. The maximum atomic E-state index is 13.2. The minimum Gasteiger partial charge on any atom is -0.490 e. The molecule has 1 fully saturated rings. The van der Waals surface area contributed by atoms with E-state index < -0.39 is 0 Å². The molecule has 2 amide bonds. The van der Waals surface area contributed by atoms with Gasteiger partial charge in [0, 0.05) is 43.1 Å². The fraction of sp³-hybridized carbons (Fsp3) is 0.245. The Morgan fingerprint density at radius 1 is 0.754 bits per heavy atom. The molecule has 0 bridgehead atoms. The normalized spacial score (nSPS) is 13.4. The zero-order chi connectivity index (χ0) is 39.6. The van der Waals surface area contributed by atoms with Gasteiger partial charge in [-0.15, -0.1) is 0 Å². The first-order valence-electron chi connectivity index (χ1n) is 19.8. The molecule has 1 unspecified atom stereocenters. The van der Waals surface area contributed by atoms with Crippen LogP contribution in [0.5, 0.6) is 11.5 Å². The molecule has 1 aromatic heterocycles. The molecule has 2 heterocycles. The Morgan fingerprint density at radius 2 is 1.39 bits per heavy atom. The maximum absolute atomic E-state index is 13.2. The average Bonchev–Trinajstić information content (AvgIpc) is 3.25. The summed E-state index contributed by atoms with van der Waals surface area (Å²) >= 11 is 0. The lowest BCUT2D eigenvalue weighted by atomic mass is 10.0. The summed E-state index contributed by atoms with van der Waals surface area (Å²) in [6.45, 7) is 7.97. The molecule has 0 aliphatic carbocycles. The van der Waals surface area contributed by atoms with Gasteiger partial charge in [-0.3, -0.25) is 14.6 Å². The number of pyridine rings is 1. The smallest absolute Gasteiger partial charge is 0.255 e. The van der Waals surface area contributed by atoms with Crippen molar-refractivity contribution in [3.8, 4) is 22.6 Å². The molecule has 5 aromatic carbocycles. The van der Waals surface area contributed by atoms with E-state index in [9.17, 15) is 9.59 Å². The number of aryl methyl sites for hydroxylation is 3. The fourth-order valence-electron chi connectivity index (χ4n) is 6.95. The quantitative estimate of drug-likeness (QED) is 0.115. The lowest BCUT2D eigenvalue weighted by Gasteiger charge is -2.32. The lowest BCUT2D eigenvalue weighted by molar-refractivity contribution is 0.0595. The Kier molecular flexibility index (Phi) is 12.6. The van der Waals surface area contributed by atoms with Crippen molar-refractivity contribution < 1.29 is 19.1 Å². The number of carbonyl (C=O) groups is 2. The number of hydrogen-bond acceptors (Lipinski definition) is 6.